The molecule has 0 heterocycles. The Morgan fingerprint density at radius 1 is 1.05 bits per heavy atom. The van der Waals surface area contributed by atoms with Crippen molar-refractivity contribution in [1.29, 1.82) is 0 Å². The molecule has 0 aliphatic heterocycles. The molecule has 0 radical (unpaired) electrons. The molecule has 0 saturated heterocycles. The van der Waals surface area contributed by atoms with Crippen molar-refractivity contribution in [2.45, 2.75) is 4.90 Å². The Balaban J connectivity index is 2.21. The molecular formula is C15H16N2O4S. The number of phenolic OH excluding ortho intramolecular Hbond substituents is 1. The maximum atomic E-state index is 12.1. The van der Waals surface area contributed by atoms with Gasteiger partial charge in [0.2, 0.25) is 10.0 Å². The van der Waals surface area contributed by atoms with Crippen molar-refractivity contribution in [2.75, 3.05) is 19.4 Å². The minimum atomic E-state index is -3.52. The second kappa shape index (κ2) is 6.17. The van der Waals surface area contributed by atoms with Crippen LogP contribution < -0.4 is 5.32 Å². The van der Waals surface area contributed by atoms with Crippen LogP contribution in [0.5, 0.6) is 5.75 Å². The largest absolute Gasteiger partial charge is 0.506 e. The van der Waals surface area contributed by atoms with Gasteiger partial charge in [-0.2, -0.15) is 0 Å². The monoisotopic (exact) mass is 320 g/mol. The molecule has 0 bridgehead atoms. The van der Waals surface area contributed by atoms with Gasteiger partial charge in [0.05, 0.1) is 10.6 Å². The van der Waals surface area contributed by atoms with Gasteiger partial charge >= 0.3 is 0 Å². The lowest BCUT2D eigenvalue weighted by atomic mass is 10.2. The fourth-order valence-electron chi connectivity index (χ4n) is 1.76. The molecule has 2 N–H and O–H groups in total. The zero-order chi connectivity index (χ0) is 16.3. The second-order valence-corrected chi connectivity index (χ2v) is 6.93. The van der Waals surface area contributed by atoms with Crippen molar-refractivity contribution in [3.8, 4) is 5.75 Å². The predicted molar refractivity (Wildman–Crippen MR) is 83.4 cm³/mol. The summed E-state index contributed by atoms with van der Waals surface area (Å²) in [5.41, 5.74) is 0.582. The van der Waals surface area contributed by atoms with E-state index in [0.29, 0.717) is 5.56 Å². The van der Waals surface area contributed by atoms with Gasteiger partial charge in [-0.3, -0.25) is 4.79 Å². The molecule has 2 aromatic carbocycles. The van der Waals surface area contributed by atoms with Gasteiger partial charge in [0, 0.05) is 19.7 Å². The number of carbonyl (C=O) groups is 1. The van der Waals surface area contributed by atoms with Crippen molar-refractivity contribution in [3.05, 3.63) is 54.1 Å². The van der Waals surface area contributed by atoms with Crippen LogP contribution in [0.4, 0.5) is 5.69 Å². The lowest BCUT2D eigenvalue weighted by Crippen LogP contribution is -2.22. The number of anilines is 1. The average Bonchev–Trinajstić information content (AvgIpc) is 2.49. The molecule has 116 valence electrons. The molecule has 2 aromatic rings. The summed E-state index contributed by atoms with van der Waals surface area (Å²) < 4.78 is 25.0. The quantitative estimate of drug-likeness (QED) is 0.842. The summed E-state index contributed by atoms with van der Waals surface area (Å²) in [5.74, 6) is -0.474. The Morgan fingerprint density at radius 3 is 2.18 bits per heavy atom. The third kappa shape index (κ3) is 3.26. The molecule has 0 aliphatic carbocycles. The van der Waals surface area contributed by atoms with E-state index in [9.17, 15) is 18.3 Å². The highest BCUT2D eigenvalue weighted by atomic mass is 32.2. The number of para-hydroxylation sites is 2. The first-order valence-corrected chi connectivity index (χ1v) is 7.88. The summed E-state index contributed by atoms with van der Waals surface area (Å²) in [7, 11) is -0.646. The first kappa shape index (κ1) is 16.0. The van der Waals surface area contributed by atoms with E-state index >= 15 is 0 Å². The van der Waals surface area contributed by atoms with Crippen LogP contribution in [0.3, 0.4) is 0 Å². The van der Waals surface area contributed by atoms with Crippen LogP contribution in [-0.4, -0.2) is 37.8 Å². The van der Waals surface area contributed by atoms with Gasteiger partial charge in [-0.05, 0) is 36.4 Å². The Bertz CT molecular complexity index is 783. The fraction of sp³-hybridized carbons (Fsp3) is 0.133. The van der Waals surface area contributed by atoms with Crippen molar-refractivity contribution in [2.24, 2.45) is 0 Å². The second-order valence-electron chi connectivity index (χ2n) is 4.78. The van der Waals surface area contributed by atoms with Crippen LogP contribution in [0.25, 0.3) is 0 Å². The summed E-state index contributed by atoms with van der Waals surface area (Å²) in [6.07, 6.45) is 0. The van der Waals surface area contributed by atoms with E-state index in [1.54, 1.807) is 18.2 Å². The zero-order valence-corrected chi connectivity index (χ0v) is 13.0. The summed E-state index contributed by atoms with van der Waals surface area (Å²) in [4.78, 5) is 12.2. The van der Waals surface area contributed by atoms with Crippen LogP contribution >= 0.6 is 0 Å². The van der Waals surface area contributed by atoms with E-state index in [-0.39, 0.29) is 16.3 Å². The number of hydrogen-bond acceptors (Lipinski definition) is 4. The number of rotatable bonds is 4. The van der Waals surface area contributed by atoms with Gasteiger partial charge in [0.15, 0.2) is 0 Å². The molecule has 0 spiro atoms. The van der Waals surface area contributed by atoms with Gasteiger partial charge in [0.1, 0.15) is 5.75 Å². The smallest absolute Gasteiger partial charge is 0.255 e. The van der Waals surface area contributed by atoms with Crippen LogP contribution in [0.2, 0.25) is 0 Å². The van der Waals surface area contributed by atoms with E-state index < -0.39 is 15.9 Å². The molecule has 0 fully saturated rings. The molecular weight excluding hydrogens is 304 g/mol. The van der Waals surface area contributed by atoms with Crippen LogP contribution in [0.1, 0.15) is 10.4 Å². The topological polar surface area (TPSA) is 86.7 Å². The zero-order valence-electron chi connectivity index (χ0n) is 12.1. The number of phenols is 1. The van der Waals surface area contributed by atoms with E-state index in [2.05, 4.69) is 5.32 Å². The molecule has 0 aromatic heterocycles. The lowest BCUT2D eigenvalue weighted by Gasteiger charge is -2.12. The molecule has 0 saturated carbocycles. The molecule has 6 nitrogen and oxygen atoms in total. The number of sulfonamides is 1. The molecule has 0 aliphatic rings. The lowest BCUT2D eigenvalue weighted by molar-refractivity contribution is 0.102. The Morgan fingerprint density at radius 2 is 1.64 bits per heavy atom. The first-order valence-electron chi connectivity index (χ1n) is 6.44. The number of aromatic hydroxyl groups is 1. The van der Waals surface area contributed by atoms with E-state index in [0.717, 1.165) is 4.31 Å². The van der Waals surface area contributed by atoms with Gasteiger partial charge in [-0.25, -0.2) is 12.7 Å². The SMILES string of the molecule is CN(C)S(=O)(=O)c1ccc(C(=O)Nc2ccccc2O)cc1. The molecule has 0 atom stereocenters. The normalized spacial score (nSPS) is 11.4. The number of nitrogens with zero attached hydrogens (tertiary/aromatic N) is 1. The highest BCUT2D eigenvalue weighted by Crippen LogP contribution is 2.22. The van der Waals surface area contributed by atoms with Crippen LogP contribution in [0, 0.1) is 0 Å². The summed E-state index contributed by atoms with van der Waals surface area (Å²) in [6, 6.07) is 11.9. The molecule has 1 amide bonds. The van der Waals surface area contributed by atoms with E-state index in [1.165, 1.54) is 44.4 Å². The summed E-state index contributed by atoms with van der Waals surface area (Å²) in [6.45, 7) is 0. The van der Waals surface area contributed by atoms with E-state index in [1.807, 2.05) is 0 Å². The molecule has 22 heavy (non-hydrogen) atoms. The maximum Gasteiger partial charge on any atom is 0.255 e. The number of nitrogens with one attached hydrogen (secondary N) is 1. The maximum absolute atomic E-state index is 12.1. The van der Waals surface area contributed by atoms with Crippen molar-refractivity contribution >= 4 is 21.6 Å². The summed E-state index contributed by atoms with van der Waals surface area (Å²) in [5, 5.41) is 12.2. The number of benzene rings is 2. The number of carbonyl (C=O) groups excluding carboxylic acids is 1. The van der Waals surface area contributed by atoms with Gasteiger partial charge in [0.25, 0.3) is 5.91 Å². The van der Waals surface area contributed by atoms with Crippen molar-refractivity contribution in [1.82, 2.24) is 4.31 Å². The van der Waals surface area contributed by atoms with Crippen molar-refractivity contribution < 1.29 is 18.3 Å². The minimum absolute atomic E-state index is 0.0392. The Kier molecular flexibility index (Phi) is 4.48. The number of hydrogen-bond donors (Lipinski definition) is 2. The number of amides is 1. The van der Waals surface area contributed by atoms with E-state index in [4.69, 9.17) is 0 Å². The highest BCUT2D eigenvalue weighted by Gasteiger charge is 2.17. The molecule has 2 rings (SSSR count). The Hall–Kier alpha value is -2.38. The predicted octanol–water partition coefficient (Wildman–Crippen LogP) is 1.89. The average molecular weight is 320 g/mol. The van der Waals surface area contributed by atoms with Gasteiger partial charge in [-0.1, -0.05) is 12.1 Å². The fourth-order valence-corrected chi connectivity index (χ4v) is 2.66. The van der Waals surface area contributed by atoms with Gasteiger partial charge in [-0.15, -0.1) is 0 Å². The van der Waals surface area contributed by atoms with Crippen LogP contribution in [-0.2, 0) is 10.0 Å². The van der Waals surface area contributed by atoms with Gasteiger partial charge < -0.3 is 10.4 Å². The third-order valence-corrected chi connectivity index (χ3v) is 4.88. The third-order valence-electron chi connectivity index (χ3n) is 3.05. The standard InChI is InChI=1S/C15H16N2O4S/c1-17(2)22(20,21)12-9-7-11(8-10-12)15(19)16-13-5-3-4-6-14(13)18/h3-10,18H,1-2H3,(H,16,19). The minimum Gasteiger partial charge on any atom is -0.506 e. The first-order chi connectivity index (χ1) is 10.3. The molecule has 7 heteroatoms. The highest BCUT2D eigenvalue weighted by molar-refractivity contribution is 7.89. The Labute approximate surface area is 129 Å². The van der Waals surface area contributed by atoms with Crippen molar-refractivity contribution in [3.63, 3.8) is 0 Å². The van der Waals surface area contributed by atoms with Crippen LogP contribution in [0.15, 0.2) is 53.4 Å². The molecule has 0 unspecified atom stereocenters. The summed E-state index contributed by atoms with van der Waals surface area (Å²) >= 11 is 0.